The van der Waals surface area contributed by atoms with Crippen molar-refractivity contribution in [3.63, 3.8) is 0 Å². The molecule has 4 aromatic rings. The summed E-state index contributed by atoms with van der Waals surface area (Å²) in [5, 5.41) is 8.22. The molecule has 4 rings (SSSR count). The van der Waals surface area contributed by atoms with E-state index in [0.717, 1.165) is 17.1 Å². The highest BCUT2D eigenvalue weighted by atomic mass is 15.4. The molecule has 26 heavy (non-hydrogen) atoms. The molecule has 0 saturated carbocycles. The zero-order valence-corrected chi connectivity index (χ0v) is 15.1. The number of aromatic nitrogens is 4. The van der Waals surface area contributed by atoms with Crippen LogP contribution in [-0.4, -0.2) is 19.6 Å². The van der Waals surface area contributed by atoms with Gasteiger partial charge < -0.3 is 5.32 Å². The molecule has 1 atom stereocenters. The van der Waals surface area contributed by atoms with Crippen LogP contribution in [0.2, 0.25) is 0 Å². The first-order valence-corrected chi connectivity index (χ1v) is 8.73. The first kappa shape index (κ1) is 16.3. The number of fused-ring (bicyclic) bond motifs is 1. The molecule has 5 nitrogen and oxygen atoms in total. The summed E-state index contributed by atoms with van der Waals surface area (Å²) in [4.78, 5) is 9.14. The molecule has 0 aliphatic rings. The summed E-state index contributed by atoms with van der Waals surface area (Å²) >= 11 is 0. The number of hydrogen-bond acceptors (Lipinski definition) is 4. The summed E-state index contributed by atoms with van der Waals surface area (Å²) in [6.45, 7) is 6.17. The van der Waals surface area contributed by atoms with Gasteiger partial charge in [-0.3, -0.25) is 0 Å². The molecule has 2 heterocycles. The molecule has 5 heteroatoms. The second kappa shape index (κ2) is 6.59. The molecule has 1 N–H and O–H groups in total. The van der Waals surface area contributed by atoms with Crippen LogP contribution in [0.5, 0.6) is 0 Å². The average molecular weight is 343 g/mol. The van der Waals surface area contributed by atoms with Gasteiger partial charge in [0.25, 0.3) is 5.78 Å². The lowest BCUT2D eigenvalue weighted by Crippen LogP contribution is -2.11. The first-order chi connectivity index (χ1) is 12.6. The lowest BCUT2D eigenvalue weighted by atomic mass is 10.1. The second-order valence-corrected chi connectivity index (χ2v) is 6.57. The van der Waals surface area contributed by atoms with Gasteiger partial charge in [-0.25, -0.2) is 4.98 Å². The van der Waals surface area contributed by atoms with Crippen LogP contribution in [-0.2, 0) is 0 Å². The van der Waals surface area contributed by atoms with Crippen molar-refractivity contribution in [1.82, 2.24) is 19.6 Å². The predicted molar refractivity (Wildman–Crippen MR) is 104 cm³/mol. The third kappa shape index (κ3) is 3.16. The first-order valence-electron chi connectivity index (χ1n) is 8.73. The zero-order chi connectivity index (χ0) is 18.1. The highest BCUT2D eigenvalue weighted by Crippen LogP contribution is 2.22. The van der Waals surface area contributed by atoms with Gasteiger partial charge in [-0.15, -0.1) is 5.10 Å². The third-order valence-electron chi connectivity index (χ3n) is 4.41. The zero-order valence-electron chi connectivity index (χ0n) is 15.1. The highest BCUT2D eigenvalue weighted by molar-refractivity contribution is 5.59. The van der Waals surface area contributed by atoms with Crippen molar-refractivity contribution in [3.05, 3.63) is 77.5 Å². The molecular weight excluding hydrogens is 322 g/mol. The maximum absolute atomic E-state index is 4.68. The second-order valence-electron chi connectivity index (χ2n) is 6.57. The van der Waals surface area contributed by atoms with E-state index in [1.54, 1.807) is 4.52 Å². The standard InChI is InChI=1S/C21H21N5/c1-14-9-11-18(12-10-14)20-24-21-22-15(2)13-19(26(21)25-20)23-16(3)17-7-5-4-6-8-17/h4-13,16,23H,1-3H3/t16-/m0/s1. The number of nitrogens with one attached hydrogen (secondary N) is 1. The van der Waals surface area contributed by atoms with Crippen molar-refractivity contribution in [2.75, 3.05) is 5.32 Å². The summed E-state index contributed by atoms with van der Waals surface area (Å²) in [6, 6.07) is 20.7. The average Bonchev–Trinajstić information content (AvgIpc) is 3.07. The molecule has 0 fully saturated rings. The minimum atomic E-state index is 0.147. The minimum absolute atomic E-state index is 0.147. The molecule has 0 aliphatic carbocycles. The number of aryl methyl sites for hydroxylation is 2. The Balaban J connectivity index is 1.73. The molecule has 0 radical (unpaired) electrons. The number of rotatable bonds is 4. The molecule has 0 spiro atoms. The largest absolute Gasteiger partial charge is 0.363 e. The van der Waals surface area contributed by atoms with Gasteiger partial charge in [0, 0.05) is 23.4 Å². The van der Waals surface area contributed by atoms with Crippen LogP contribution in [0.25, 0.3) is 17.2 Å². The van der Waals surface area contributed by atoms with Crippen LogP contribution in [0.3, 0.4) is 0 Å². The van der Waals surface area contributed by atoms with E-state index in [1.807, 2.05) is 43.3 Å². The quantitative estimate of drug-likeness (QED) is 0.589. The summed E-state index contributed by atoms with van der Waals surface area (Å²) in [5.41, 5.74) is 4.32. The Kier molecular flexibility index (Phi) is 4.13. The van der Waals surface area contributed by atoms with Gasteiger partial charge in [-0.2, -0.15) is 9.50 Å². The summed E-state index contributed by atoms with van der Waals surface area (Å²) in [6.07, 6.45) is 0. The molecule has 130 valence electrons. The molecule has 0 aliphatic heterocycles. The van der Waals surface area contributed by atoms with E-state index >= 15 is 0 Å². The van der Waals surface area contributed by atoms with Crippen LogP contribution in [0, 0.1) is 13.8 Å². The van der Waals surface area contributed by atoms with E-state index in [1.165, 1.54) is 11.1 Å². The molecular formula is C21H21N5. The predicted octanol–water partition coefficient (Wildman–Crippen LogP) is 4.58. The SMILES string of the molecule is Cc1ccc(-c2nc3nc(C)cc(N[C@@H](C)c4ccccc4)n3n2)cc1. The van der Waals surface area contributed by atoms with Gasteiger partial charge in [-0.05, 0) is 26.3 Å². The summed E-state index contributed by atoms with van der Waals surface area (Å²) < 4.78 is 1.78. The van der Waals surface area contributed by atoms with E-state index in [4.69, 9.17) is 0 Å². The van der Waals surface area contributed by atoms with Gasteiger partial charge in [0.1, 0.15) is 5.82 Å². The van der Waals surface area contributed by atoms with Gasteiger partial charge in [0.2, 0.25) is 0 Å². The molecule has 0 amide bonds. The lowest BCUT2D eigenvalue weighted by molar-refractivity contribution is 0.838. The van der Waals surface area contributed by atoms with Crippen LogP contribution in [0.4, 0.5) is 5.82 Å². The van der Waals surface area contributed by atoms with E-state index in [-0.39, 0.29) is 6.04 Å². The Labute approximate surface area is 152 Å². The third-order valence-corrected chi connectivity index (χ3v) is 4.41. The van der Waals surface area contributed by atoms with Crippen molar-refractivity contribution in [2.45, 2.75) is 26.8 Å². The van der Waals surface area contributed by atoms with Crippen molar-refractivity contribution < 1.29 is 0 Å². The maximum atomic E-state index is 4.68. The molecule has 0 saturated heterocycles. The Morgan fingerprint density at radius 3 is 2.38 bits per heavy atom. The fourth-order valence-corrected chi connectivity index (χ4v) is 2.96. The molecule has 2 aromatic heterocycles. The van der Waals surface area contributed by atoms with Crippen molar-refractivity contribution in [3.8, 4) is 11.4 Å². The Morgan fingerprint density at radius 1 is 0.923 bits per heavy atom. The van der Waals surface area contributed by atoms with Crippen LogP contribution >= 0.6 is 0 Å². The normalized spacial score (nSPS) is 12.3. The molecule has 2 aromatic carbocycles. The number of nitrogens with zero attached hydrogens (tertiary/aromatic N) is 4. The van der Waals surface area contributed by atoms with Gasteiger partial charge >= 0.3 is 0 Å². The van der Waals surface area contributed by atoms with Crippen LogP contribution in [0.1, 0.15) is 29.8 Å². The Bertz CT molecular complexity index is 1040. The molecule has 0 unspecified atom stereocenters. The van der Waals surface area contributed by atoms with E-state index in [2.05, 4.69) is 58.5 Å². The Hall–Kier alpha value is -3.21. The van der Waals surface area contributed by atoms with Gasteiger partial charge in [0.15, 0.2) is 5.82 Å². The summed E-state index contributed by atoms with van der Waals surface area (Å²) in [7, 11) is 0. The fourth-order valence-electron chi connectivity index (χ4n) is 2.96. The van der Waals surface area contributed by atoms with Crippen molar-refractivity contribution >= 4 is 11.6 Å². The van der Waals surface area contributed by atoms with Crippen molar-refractivity contribution in [1.29, 1.82) is 0 Å². The number of anilines is 1. The topological polar surface area (TPSA) is 55.1 Å². The van der Waals surface area contributed by atoms with E-state index in [9.17, 15) is 0 Å². The van der Waals surface area contributed by atoms with Crippen molar-refractivity contribution in [2.24, 2.45) is 0 Å². The summed E-state index contributed by atoms with van der Waals surface area (Å²) in [5.74, 6) is 2.16. The van der Waals surface area contributed by atoms with E-state index in [0.29, 0.717) is 11.6 Å². The van der Waals surface area contributed by atoms with E-state index < -0.39 is 0 Å². The molecule has 0 bridgehead atoms. The Morgan fingerprint density at radius 2 is 1.65 bits per heavy atom. The van der Waals surface area contributed by atoms with Crippen LogP contribution < -0.4 is 5.32 Å². The smallest absolute Gasteiger partial charge is 0.254 e. The minimum Gasteiger partial charge on any atom is -0.363 e. The number of hydrogen-bond donors (Lipinski definition) is 1. The maximum Gasteiger partial charge on any atom is 0.254 e. The fraction of sp³-hybridized carbons (Fsp3) is 0.190. The number of benzene rings is 2. The van der Waals surface area contributed by atoms with Gasteiger partial charge in [0.05, 0.1) is 0 Å². The lowest BCUT2D eigenvalue weighted by Gasteiger charge is -2.16. The van der Waals surface area contributed by atoms with Crippen LogP contribution in [0.15, 0.2) is 60.7 Å². The monoisotopic (exact) mass is 343 g/mol. The van der Waals surface area contributed by atoms with Gasteiger partial charge in [-0.1, -0.05) is 60.2 Å². The highest BCUT2D eigenvalue weighted by Gasteiger charge is 2.13.